The zero-order valence-electron chi connectivity index (χ0n) is 14.5. The lowest BCUT2D eigenvalue weighted by Crippen LogP contribution is -2.23. The summed E-state index contributed by atoms with van der Waals surface area (Å²) in [7, 11) is 0. The normalized spacial score (nSPS) is 10.4. The van der Waals surface area contributed by atoms with E-state index in [2.05, 4.69) is 40.7 Å². The Balaban J connectivity index is 1.55. The van der Waals surface area contributed by atoms with Crippen molar-refractivity contribution in [2.24, 2.45) is 0 Å². The summed E-state index contributed by atoms with van der Waals surface area (Å²) in [6, 6.07) is 19.3. The molecular formula is C21H20ClN3O. The molecule has 3 rings (SSSR count). The predicted octanol–water partition coefficient (Wildman–Crippen LogP) is 4.59. The van der Waals surface area contributed by atoms with Crippen molar-refractivity contribution in [2.75, 3.05) is 5.32 Å². The van der Waals surface area contributed by atoms with Crippen LogP contribution in [0.25, 0.3) is 0 Å². The van der Waals surface area contributed by atoms with Crippen LogP contribution in [0, 0.1) is 6.92 Å². The van der Waals surface area contributed by atoms with Crippen molar-refractivity contribution >= 4 is 23.2 Å². The van der Waals surface area contributed by atoms with Crippen LogP contribution in [0.2, 0.25) is 5.02 Å². The molecule has 0 spiro atoms. The van der Waals surface area contributed by atoms with Crippen molar-refractivity contribution in [1.82, 2.24) is 10.3 Å². The summed E-state index contributed by atoms with van der Waals surface area (Å²) < 4.78 is 0. The topological polar surface area (TPSA) is 54.0 Å². The second-order valence-corrected chi connectivity index (χ2v) is 6.46. The number of benzene rings is 2. The number of hydrogen-bond acceptors (Lipinski definition) is 3. The van der Waals surface area contributed by atoms with Crippen LogP contribution in [0.1, 0.15) is 27.2 Å². The quantitative estimate of drug-likeness (QED) is 0.672. The first-order valence-corrected chi connectivity index (χ1v) is 8.77. The van der Waals surface area contributed by atoms with Crippen molar-refractivity contribution in [3.63, 3.8) is 0 Å². The van der Waals surface area contributed by atoms with E-state index in [9.17, 15) is 4.79 Å². The van der Waals surface area contributed by atoms with E-state index in [-0.39, 0.29) is 5.91 Å². The first kappa shape index (κ1) is 18.0. The number of hydrogen-bond donors (Lipinski definition) is 2. The monoisotopic (exact) mass is 365 g/mol. The van der Waals surface area contributed by atoms with Gasteiger partial charge in [0.2, 0.25) is 0 Å². The number of nitrogens with zero attached hydrogens (tertiary/aromatic N) is 1. The van der Waals surface area contributed by atoms with Gasteiger partial charge in [-0.1, -0.05) is 59.6 Å². The third-order valence-electron chi connectivity index (χ3n) is 3.97. The van der Waals surface area contributed by atoms with E-state index in [0.29, 0.717) is 23.8 Å². The van der Waals surface area contributed by atoms with Gasteiger partial charge in [-0.15, -0.1) is 0 Å². The molecule has 0 aliphatic rings. The maximum atomic E-state index is 12.2. The average molecular weight is 366 g/mol. The van der Waals surface area contributed by atoms with Gasteiger partial charge < -0.3 is 10.6 Å². The number of anilines is 1. The minimum Gasteiger partial charge on any atom is -0.380 e. The smallest absolute Gasteiger partial charge is 0.270 e. The maximum absolute atomic E-state index is 12.2. The molecule has 0 aliphatic heterocycles. The molecule has 1 aromatic heterocycles. The fourth-order valence-corrected chi connectivity index (χ4v) is 2.77. The van der Waals surface area contributed by atoms with Crippen molar-refractivity contribution in [2.45, 2.75) is 20.0 Å². The summed E-state index contributed by atoms with van der Waals surface area (Å²) in [5.41, 5.74) is 4.55. The Bertz CT molecular complexity index is 894. The molecule has 0 radical (unpaired) electrons. The Labute approximate surface area is 158 Å². The number of halogens is 1. The fraction of sp³-hybridized carbons (Fsp3) is 0.143. The van der Waals surface area contributed by atoms with Crippen LogP contribution >= 0.6 is 11.6 Å². The minimum absolute atomic E-state index is 0.227. The Morgan fingerprint density at radius 1 is 1.04 bits per heavy atom. The number of carbonyl (C=O) groups excluding carboxylic acids is 1. The number of amides is 1. The van der Waals surface area contributed by atoms with E-state index in [4.69, 9.17) is 11.6 Å². The van der Waals surface area contributed by atoms with Crippen LogP contribution in [-0.2, 0) is 13.1 Å². The Morgan fingerprint density at radius 2 is 1.88 bits per heavy atom. The highest BCUT2D eigenvalue weighted by Gasteiger charge is 2.08. The highest BCUT2D eigenvalue weighted by Crippen LogP contribution is 2.15. The maximum Gasteiger partial charge on any atom is 0.270 e. The molecule has 0 saturated carbocycles. The number of carbonyl (C=O) groups is 1. The van der Waals surface area contributed by atoms with Crippen LogP contribution in [-0.4, -0.2) is 10.9 Å². The number of aromatic nitrogens is 1. The minimum atomic E-state index is -0.227. The molecule has 5 heteroatoms. The van der Waals surface area contributed by atoms with Gasteiger partial charge in [0.05, 0.1) is 11.9 Å². The van der Waals surface area contributed by atoms with Crippen molar-refractivity contribution in [3.05, 3.63) is 94.3 Å². The molecule has 0 aliphatic carbocycles. The zero-order valence-corrected chi connectivity index (χ0v) is 15.3. The summed E-state index contributed by atoms with van der Waals surface area (Å²) in [5, 5.41) is 6.78. The lowest BCUT2D eigenvalue weighted by Gasteiger charge is -2.09. The SMILES string of the molecule is Cc1cccc(CNc2ccc(C(=O)NCc3ccccc3Cl)nc2)c1. The van der Waals surface area contributed by atoms with E-state index < -0.39 is 0 Å². The molecule has 4 nitrogen and oxygen atoms in total. The lowest BCUT2D eigenvalue weighted by atomic mass is 10.1. The van der Waals surface area contributed by atoms with Gasteiger partial charge in [0.25, 0.3) is 5.91 Å². The van der Waals surface area contributed by atoms with Crippen molar-refractivity contribution < 1.29 is 4.79 Å². The van der Waals surface area contributed by atoms with E-state index in [1.165, 1.54) is 11.1 Å². The van der Waals surface area contributed by atoms with Gasteiger partial charge in [-0.2, -0.15) is 0 Å². The second kappa shape index (κ2) is 8.50. The fourth-order valence-electron chi connectivity index (χ4n) is 2.57. The molecule has 0 fully saturated rings. The van der Waals surface area contributed by atoms with E-state index in [1.54, 1.807) is 18.3 Å². The molecule has 2 N–H and O–H groups in total. The number of nitrogens with one attached hydrogen (secondary N) is 2. The van der Waals surface area contributed by atoms with Crippen LogP contribution in [0.4, 0.5) is 5.69 Å². The third-order valence-corrected chi connectivity index (χ3v) is 4.34. The standard InChI is InChI=1S/C21H20ClN3O/c1-15-5-4-6-16(11-15)12-23-18-9-10-20(24-14-18)21(26)25-13-17-7-2-3-8-19(17)22/h2-11,14,23H,12-13H2,1H3,(H,25,26). The van der Waals surface area contributed by atoms with Crippen LogP contribution in [0.3, 0.4) is 0 Å². The largest absolute Gasteiger partial charge is 0.380 e. The molecule has 0 atom stereocenters. The molecular weight excluding hydrogens is 346 g/mol. The van der Waals surface area contributed by atoms with E-state index in [1.807, 2.05) is 30.3 Å². The summed E-state index contributed by atoms with van der Waals surface area (Å²) >= 11 is 6.09. The molecule has 26 heavy (non-hydrogen) atoms. The van der Waals surface area contributed by atoms with Gasteiger partial charge in [0.15, 0.2) is 0 Å². The summed E-state index contributed by atoms with van der Waals surface area (Å²) in [4.78, 5) is 16.5. The third kappa shape index (κ3) is 4.83. The molecule has 0 bridgehead atoms. The second-order valence-electron chi connectivity index (χ2n) is 6.05. The summed E-state index contributed by atoms with van der Waals surface area (Å²) in [5.74, 6) is -0.227. The number of rotatable bonds is 6. The molecule has 1 amide bonds. The Morgan fingerprint density at radius 3 is 2.62 bits per heavy atom. The van der Waals surface area contributed by atoms with Crippen molar-refractivity contribution in [1.29, 1.82) is 0 Å². The van der Waals surface area contributed by atoms with Crippen molar-refractivity contribution in [3.8, 4) is 0 Å². The van der Waals surface area contributed by atoms with Gasteiger partial charge in [-0.3, -0.25) is 4.79 Å². The lowest BCUT2D eigenvalue weighted by molar-refractivity contribution is 0.0946. The number of pyridine rings is 1. The predicted molar refractivity (Wildman–Crippen MR) is 105 cm³/mol. The van der Waals surface area contributed by atoms with Gasteiger partial charge in [-0.05, 0) is 36.2 Å². The summed E-state index contributed by atoms with van der Waals surface area (Å²) in [6.07, 6.45) is 1.67. The first-order chi connectivity index (χ1) is 12.6. The van der Waals surface area contributed by atoms with E-state index >= 15 is 0 Å². The van der Waals surface area contributed by atoms with Gasteiger partial charge >= 0.3 is 0 Å². The number of aryl methyl sites for hydroxylation is 1. The summed E-state index contributed by atoms with van der Waals surface area (Å²) in [6.45, 7) is 3.15. The highest BCUT2D eigenvalue weighted by atomic mass is 35.5. The van der Waals surface area contributed by atoms with E-state index in [0.717, 1.165) is 11.3 Å². The molecule has 3 aromatic rings. The zero-order chi connectivity index (χ0) is 18.4. The molecule has 0 unspecified atom stereocenters. The van der Waals surface area contributed by atoms with Crippen LogP contribution < -0.4 is 10.6 Å². The molecule has 2 aromatic carbocycles. The van der Waals surface area contributed by atoms with Crippen LogP contribution in [0.15, 0.2) is 66.9 Å². The average Bonchev–Trinajstić information content (AvgIpc) is 2.66. The first-order valence-electron chi connectivity index (χ1n) is 8.39. The molecule has 0 saturated heterocycles. The molecule has 1 heterocycles. The highest BCUT2D eigenvalue weighted by molar-refractivity contribution is 6.31. The Hall–Kier alpha value is -2.85. The van der Waals surface area contributed by atoms with Gasteiger partial charge in [0.1, 0.15) is 5.69 Å². The van der Waals surface area contributed by atoms with Gasteiger partial charge in [0, 0.05) is 18.1 Å². The van der Waals surface area contributed by atoms with Crippen LogP contribution in [0.5, 0.6) is 0 Å². The molecule has 132 valence electrons. The Kier molecular flexibility index (Phi) is 5.87. The van der Waals surface area contributed by atoms with Gasteiger partial charge in [-0.25, -0.2) is 4.98 Å².